The number of nitrogens with zero attached hydrogens (tertiary/aromatic N) is 3. The second kappa shape index (κ2) is 43.9. The van der Waals surface area contributed by atoms with Crippen molar-refractivity contribution < 1.29 is 153 Å². The highest BCUT2D eigenvalue weighted by molar-refractivity contribution is 5.98. The summed E-state index contributed by atoms with van der Waals surface area (Å²) in [6, 6.07) is -13.6. The molecule has 11 amide bonds. The van der Waals surface area contributed by atoms with E-state index in [-0.39, 0.29) is 57.6 Å². The van der Waals surface area contributed by atoms with Crippen LogP contribution in [0.3, 0.4) is 0 Å². The van der Waals surface area contributed by atoms with Crippen LogP contribution in [0.2, 0.25) is 0 Å². The summed E-state index contributed by atoms with van der Waals surface area (Å²) >= 11 is 0. The molecule has 0 spiro atoms. The number of aliphatic hydroxyl groups is 1. The van der Waals surface area contributed by atoms with Gasteiger partial charge in [-0.05, 0) is 79.7 Å². The molecule has 6 heterocycles. The normalized spacial score (nSPS) is 28.5. The number of likely N-dealkylation sites (tertiary alicyclic amines) is 3. The number of carbonyl (C=O) groups excluding carboxylic acids is 18. The van der Waals surface area contributed by atoms with Gasteiger partial charge in [-0.2, -0.15) is 0 Å². The van der Waals surface area contributed by atoms with Crippen LogP contribution in [0.1, 0.15) is 142 Å². The van der Waals surface area contributed by atoms with Gasteiger partial charge in [0.25, 0.3) is 0 Å². The van der Waals surface area contributed by atoms with Gasteiger partial charge < -0.3 is 129 Å². The van der Waals surface area contributed by atoms with Crippen LogP contribution < -0.4 is 47.9 Å². The average Bonchev–Trinajstić information content (AvgIpc) is 1.05. The zero-order chi connectivity index (χ0) is 86.4. The monoisotopic (exact) mass is 1650 g/mol. The largest absolute Gasteiger partial charge is 0.463 e. The highest BCUT2D eigenvalue weighted by Crippen LogP contribution is 2.36. The minimum Gasteiger partial charge on any atom is -0.463 e. The van der Waals surface area contributed by atoms with Crippen LogP contribution in [0.5, 0.6) is 0 Å². The second-order valence-electron chi connectivity index (χ2n) is 28.7. The Morgan fingerprint density at radius 1 is 0.457 bits per heavy atom. The highest BCUT2D eigenvalue weighted by atomic mass is 16.8. The van der Waals surface area contributed by atoms with Gasteiger partial charge in [0.05, 0.1) is 25.3 Å². The molecule has 0 aromatic rings. The molecule has 6 aliphatic rings. The van der Waals surface area contributed by atoms with Crippen molar-refractivity contribution in [2.24, 2.45) is 0 Å². The van der Waals surface area contributed by atoms with Gasteiger partial charge in [-0.15, -0.1) is 0 Å². The highest BCUT2D eigenvalue weighted by Gasteiger charge is 2.58. The zero-order valence-corrected chi connectivity index (χ0v) is 67.7. The number of rotatable bonds is 35. The lowest BCUT2D eigenvalue weighted by atomic mass is 9.94. The first-order valence-corrected chi connectivity index (χ1v) is 38.1. The molecule has 0 saturated carbocycles. The maximum atomic E-state index is 15.4. The number of hydrogen-bond donors (Lipinski definition) is 10. The Morgan fingerprint density at radius 3 is 1.44 bits per heavy atom. The van der Waals surface area contributed by atoms with Crippen LogP contribution in [0.4, 0.5) is 0 Å². The summed E-state index contributed by atoms with van der Waals surface area (Å²) in [6.07, 6.45) is -25.3. The number of esters is 7. The minimum absolute atomic E-state index is 0.0171. The molecule has 6 rings (SSSR count). The molecule has 116 heavy (non-hydrogen) atoms. The van der Waals surface area contributed by atoms with Crippen molar-refractivity contribution in [1.82, 2.24) is 62.6 Å². The molecule has 0 aliphatic carbocycles. The van der Waals surface area contributed by atoms with E-state index < -0.39 is 274 Å². The molecule has 0 aromatic heterocycles. The Bertz CT molecular complexity index is 3590. The van der Waals surface area contributed by atoms with Crippen molar-refractivity contribution in [2.45, 2.75) is 288 Å². The molecule has 6 saturated heterocycles. The molecule has 0 radical (unpaired) electrons. The molecule has 650 valence electrons. The SMILES string of the molecule is CCC(NC(=O)CNC(=O)C1CCCN1C(=O)C(C)NC)C(=O)NC(C(=O)NC(C)C(=O)N1CCCC1C(=O)N1CCCC1C(=O)NC(C)C(=O)NC)C(C)O[C@@H]1OC(CO[C@@H]2OC(COC(C)=O)[C@H](OC(C)=O)C(OC(C)=O)[C@H]2NC(C)=O)[C@H](O)C(O[C@@H]2OC(COC(C)=O)[C@H](OC(C)=O)C(OC(C)=O)[C@H]2OC(C)=O)[C@H]1NC(C)=O. The number of nitrogens with one attached hydrogen (secondary N) is 9. The molecule has 15 unspecified atom stereocenters. The van der Waals surface area contributed by atoms with Crippen molar-refractivity contribution in [3.63, 3.8) is 0 Å². The molecule has 10 N–H and O–H groups in total. The van der Waals surface area contributed by atoms with E-state index in [1.54, 1.807) is 14.0 Å². The Hall–Kier alpha value is -9.86. The smallest absolute Gasteiger partial charge is 0.303 e. The summed E-state index contributed by atoms with van der Waals surface area (Å²) in [5.74, 6) is -15.5. The first-order valence-electron chi connectivity index (χ1n) is 38.1. The lowest BCUT2D eigenvalue weighted by Crippen LogP contribution is -2.70. The molecule has 0 bridgehead atoms. The first-order chi connectivity index (χ1) is 54.6. The minimum atomic E-state index is -2.26. The number of likely N-dealkylation sites (N-methyl/N-ethyl adjacent to an activating group) is 2. The lowest BCUT2D eigenvalue weighted by Gasteiger charge is -2.49. The summed E-state index contributed by atoms with van der Waals surface area (Å²) in [7, 11) is 2.96. The Balaban J connectivity index is 1.46. The third kappa shape index (κ3) is 26.1. The van der Waals surface area contributed by atoms with E-state index in [1.165, 1.54) is 49.4 Å². The van der Waals surface area contributed by atoms with Gasteiger partial charge in [0.15, 0.2) is 49.4 Å². The summed E-state index contributed by atoms with van der Waals surface area (Å²) < 4.78 is 77.2. The van der Waals surface area contributed by atoms with Gasteiger partial charge in [-0.3, -0.25) is 86.3 Å². The third-order valence-corrected chi connectivity index (χ3v) is 19.7. The van der Waals surface area contributed by atoms with E-state index >= 15 is 4.79 Å². The number of carbonyl (C=O) groups is 18. The zero-order valence-electron chi connectivity index (χ0n) is 67.7. The van der Waals surface area contributed by atoms with Gasteiger partial charge in [0.1, 0.15) is 98.1 Å². The first kappa shape index (κ1) is 95.0. The van der Waals surface area contributed by atoms with Crippen LogP contribution in [-0.2, 0) is 148 Å². The Kier molecular flexibility index (Phi) is 36.0. The van der Waals surface area contributed by atoms with Crippen molar-refractivity contribution in [3.05, 3.63) is 0 Å². The van der Waals surface area contributed by atoms with E-state index in [4.69, 9.17) is 61.6 Å². The average molecular weight is 1660 g/mol. The third-order valence-electron chi connectivity index (χ3n) is 19.7. The summed E-state index contributed by atoms with van der Waals surface area (Å²) in [5.41, 5.74) is 0. The van der Waals surface area contributed by atoms with Gasteiger partial charge >= 0.3 is 41.8 Å². The van der Waals surface area contributed by atoms with E-state index in [0.717, 1.165) is 62.3 Å². The van der Waals surface area contributed by atoms with E-state index in [1.807, 2.05) is 0 Å². The standard InChI is InChI=1S/C72H110N12O32/c1-17-44(80-51(94)27-75-64(98)45-21-18-24-82(45)67(101)32(3)73-15)63(97)81-52(66(100)77-33(4)68(102)84-26-20-23-47(84)69(103)83-25-19-22-46(83)65(99)76-31(2)62(96)74-16)34(5)107-71-53(78-35(6)85)58(116-72-61(112-43(14)93)60(111-42(13)92)57(109-40(11)90)50(115-72)30-105-38(9)88)55(95)48(113-71)28-106-70-54(79-36(7)86)59(110-41(12)91)56(108-39(10)89)49(114-70)29-104-37(8)87/h31-34,44-50,52-61,70-73,95H,17-30H2,1-16H3,(H,74,96)(H,75,98)(H,76,99)(H,77,100)(H,78,85)(H,79,86)(H,80,94)(H,81,97)/t31?,32?,33?,34?,44?,45?,46?,47?,48?,49?,50?,52?,53-,54-,55+,56+,57+,58?,59?,60?,61-,70-,71-,72+/m1/s1. The van der Waals surface area contributed by atoms with Gasteiger partial charge in [0.2, 0.25) is 65.0 Å². The summed E-state index contributed by atoms with van der Waals surface area (Å²) in [6.45, 7) is 12.9. The molecular formula is C72H110N12O32. The van der Waals surface area contributed by atoms with Crippen LogP contribution in [-0.4, -0.2) is 333 Å². The Morgan fingerprint density at radius 2 is 0.922 bits per heavy atom. The van der Waals surface area contributed by atoms with E-state index in [2.05, 4.69) is 47.9 Å². The lowest BCUT2D eigenvalue weighted by molar-refractivity contribution is -0.353. The molecule has 0 aromatic carbocycles. The van der Waals surface area contributed by atoms with Crippen molar-refractivity contribution in [3.8, 4) is 0 Å². The van der Waals surface area contributed by atoms with Crippen LogP contribution >= 0.6 is 0 Å². The predicted molar refractivity (Wildman–Crippen MR) is 389 cm³/mol. The molecule has 24 atom stereocenters. The Labute approximate surface area is 668 Å². The van der Waals surface area contributed by atoms with E-state index in [0.29, 0.717) is 12.8 Å². The number of hydrogen-bond acceptors (Lipinski definition) is 33. The summed E-state index contributed by atoms with van der Waals surface area (Å²) in [5, 5.41) is 36.1. The van der Waals surface area contributed by atoms with Crippen LogP contribution in [0.15, 0.2) is 0 Å². The topological polar surface area (TPSA) is 565 Å². The van der Waals surface area contributed by atoms with Crippen LogP contribution in [0, 0.1) is 0 Å². The number of amides is 11. The van der Waals surface area contributed by atoms with Crippen molar-refractivity contribution in [2.75, 3.05) is 60.1 Å². The maximum absolute atomic E-state index is 15.4. The molecular weight excluding hydrogens is 1540 g/mol. The van der Waals surface area contributed by atoms with Crippen LogP contribution in [0.25, 0.3) is 0 Å². The molecule has 44 nitrogen and oxygen atoms in total. The molecule has 6 fully saturated rings. The molecule has 6 aliphatic heterocycles. The number of ether oxygens (including phenoxy) is 13. The van der Waals surface area contributed by atoms with Gasteiger partial charge in [0, 0.05) is 89.0 Å². The maximum Gasteiger partial charge on any atom is 0.303 e. The number of aliphatic hydroxyl groups excluding tert-OH is 1. The second-order valence-corrected chi connectivity index (χ2v) is 28.7. The van der Waals surface area contributed by atoms with Gasteiger partial charge in [-0.1, -0.05) is 6.92 Å². The fourth-order valence-corrected chi connectivity index (χ4v) is 14.3. The van der Waals surface area contributed by atoms with Gasteiger partial charge in [-0.25, -0.2) is 0 Å². The molecule has 44 heteroatoms. The quantitative estimate of drug-likeness (QED) is 0.0209. The fraction of sp³-hybridized carbons (Fsp3) is 0.750. The summed E-state index contributed by atoms with van der Waals surface area (Å²) in [4.78, 5) is 246. The van der Waals surface area contributed by atoms with Crippen molar-refractivity contribution >= 4 is 107 Å². The fourth-order valence-electron chi connectivity index (χ4n) is 14.3. The van der Waals surface area contributed by atoms with Crippen molar-refractivity contribution in [1.29, 1.82) is 0 Å². The predicted octanol–water partition coefficient (Wildman–Crippen LogP) is -6.04. The van der Waals surface area contributed by atoms with E-state index in [9.17, 15) is 86.6 Å².